The second-order valence-corrected chi connectivity index (χ2v) is 15.2. The van der Waals surface area contributed by atoms with Crippen molar-refractivity contribution in [2.45, 2.75) is 62.0 Å². The molecule has 1 saturated carbocycles. The zero-order chi connectivity index (χ0) is 33.4. The van der Waals surface area contributed by atoms with Crippen LogP contribution in [0.3, 0.4) is 0 Å². The average molecular weight is 758 g/mol. The monoisotopic (exact) mass is 755 g/mol. The fraction of sp³-hybridized carbons (Fsp3) is 0.278. The Morgan fingerprint density at radius 2 is 1.40 bits per heavy atom. The van der Waals surface area contributed by atoms with E-state index in [0.717, 1.165) is 46.4 Å². The standard InChI is InChI=1S/C36H36BrCl2N3O4S/c37-27-19-21-29(22-20-27)42(47(45,46)30-15-8-3-9-16-30)25-35(43)41(24-31-32(38)17-10-18-33(31)39)34(23-26-11-4-1-5-12-26)36(44)40-28-13-6-2-7-14-28/h1,3-5,8-12,15-22,28,34H,2,6-7,13-14,23-25H2,(H,40,44)/t34-/m1/s1. The molecule has 1 aliphatic carbocycles. The van der Waals surface area contributed by atoms with Gasteiger partial charge in [-0.1, -0.05) is 113 Å². The molecule has 47 heavy (non-hydrogen) atoms. The third kappa shape index (κ3) is 8.96. The Bertz CT molecular complexity index is 1750. The number of nitrogens with zero attached hydrogens (tertiary/aromatic N) is 2. The van der Waals surface area contributed by atoms with Gasteiger partial charge in [0, 0.05) is 39.1 Å². The molecule has 1 N–H and O–H groups in total. The van der Waals surface area contributed by atoms with Crippen molar-refractivity contribution in [2.75, 3.05) is 10.8 Å². The third-order valence-corrected chi connectivity index (χ3v) is 11.4. The van der Waals surface area contributed by atoms with E-state index in [1.807, 2.05) is 30.3 Å². The van der Waals surface area contributed by atoms with Crippen LogP contribution in [0.5, 0.6) is 0 Å². The lowest BCUT2D eigenvalue weighted by atomic mass is 9.94. The molecule has 0 aliphatic heterocycles. The van der Waals surface area contributed by atoms with Gasteiger partial charge in [0.25, 0.3) is 10.0 Å². The summed E-state index contributed by atoms with van der Waals surface area (Å²) >= 11 is 16.6. The molecular formula is C36H36BrCl2N3O4S. The van der Waals surface area contributed by atoms with Crippen molar-refractivity contribution < 1.29 is 18.0 Å². The second-order valence-electron chi connectivity index (χ2n) is 11.6. The molecule has 1 aliphatic rings. The van der Waals surface area contributed by atoms with E-state index in [9.17, 15) is 18.0 Å². The number of hydrogen-bond donors (Lipinski definition) is 1. The summed E-state index contributed by atoms with van der Waals surface area (Å²) in [6, 6.07) is 28.2. The van der Waals surface area contributed by atoms with Gasteiger partial charge in [0.05, 0.1) is 10.6 Å². The highest BCUT2D eigenvalue weighted by Gasteiger charge is 2.36. The first-order valence-electron chi connectivity index (χ1n) is 15.5. The summed E-state index contributed by atoms with van der Waals surface area (Å²) in [6.45, 7) is -0.671. The van der Waals surface area contributed by atoms with Crippen molar-refractivity contribution >= 4 is 66.7 Å². The zero-order valence-corrected chi connectivity index (χ0v) is 29.6. The molecule has 2 amide bonds. The van der Waals surface area contributed by atoms with E-state index in [0.29, 0.717) is 21.3 Å². The van der Waals surface area contributed by atoms with Gasteiger partial charge in [-0.25, -0.2) is 8.42 Å². The molecule has 4 aromatic rings. The first-order chi connectivity index (χ1) is 22.6. The van der Waals surface area contributed by atoms with Crippen molar-refractivity contribution in [3.63, 3.8) is 0 Å². The number of carbonyl (C=O) groups is 2. The van der Waals surface area contributed by atoms with E-state index in [1.165, 1.54) is 17.0 Å². The van der Waals surface area contributed by atoms with Crippen molar-refractivity contribution in [2.24, 2.45) is 0 Å². The van der Waals surface area contributed by atoms with Gasteiger partial charge in [-0.15, -0.1) is 0 Å². The van der Waals surface area contributed by atoms with Gasteiger partial charge in [0.15, 0.2) is 0 Å². The molecule has 0 saturated heterocycles. The summed E-state index contributed by atoms with van der Waals surface area (Å²) in [5, 5.41) is 3.87. The van der Waals surface area contributed by atoms with Crippen LogP contribution in [0.25, 0.3) is 0 Å². The summed E-state index contributed by atoms with van der Waals surface area (Å²) in [6.07, 6.45) is 5.09. The average Bonchev–Trinajstić information content (AvgIpc) is 3.08. The Hall–Kier alpha value is -3.37. The highest BCUT2D eigenvalue weighted by molar-refractivity contribution is 9.10. The molecule has 5 rings (SSSR count). The molecule has 11 heteroatoms. The Morgan fingerprint density at radius 3 is 2.02 bits per heavy atom. The SMILES string of the molecule is O=C(NC1CCCCC1)[C@@H](Cc1ccccc1)N(Cc1c(Cl)cccc1Cl)C(=O)CN(c1ccc(Br)cc1)S(=O)(=O)c1ccccc1. The number of benzene rings is 4. The van der Waals surface area contributed by atoms with Gasteiger partial charge in [-0.2, -0.15) is 0 Å². The maximum Gasteiger partial charge on any atom is 0.264 e. The summed E-state index contributed by atoms with van der Waals surface area (Å²) < 4.78 is 30.1. The Morgan fingerprint density at radius 1 is 0.809 bits per heavy atom. The molecule has 0 radical (unpaired) electrons. The molecule has 1 atom stereocenters. The number of hydrogen-bond acceptors (Lipinski definition) is 4. The number of sulfonamides is 1. The molecule has 0 heterocycles. The van der Waals surface area contributed by atoms with Crippen LogP contribution in [0.1, 0.15) is 43.2 Å². The molecule has 7 nitrogen and oxygen atoms in total. The molecule has 0 bridgehead atoms. The molecule has 0 aromatic heterocycles. The van der Waals surface area contributed by atoms with Gasteiger partial charge in [0.1, 0.15) is 12.6 Å². The molecule has 246 valence electrons. The lowest BCUT2D eigenvalue weighted by Crippen LogP contribution is -2.55. The third-order valence-electron chi connectivity index (χ3n) is 8.34. The highest BCUT2D eigenvalue weighted by Crippen LogP contribution is 2.30. The van der Waals surface area contributed by atoms with E-state index in [4.69, 9.17) is 23.2 Å². The van der Waals surface area contributed by atoms with Crippen LogP contribution in [0, 0.1) is 0 Å². The van der Waals surface area contributed by atoms with Crippen molar-refractivity contribution in [3.05, 3.63) is 129 Å². The number of halogens is 3. The van der Waals surface area contributed by atoms with Gasteiger partial charge in [0.2, 0.25) is 11.8 Å². The molecule has 4 aromatic carbocycles. The zero-order valence-electron chi connectivity index (χ0n) is 25.7. The Labute approximate surface area is 295 Å². The smallest absolute Gasteiger partial charge is 0.264 e. The first-order valence-corrected chi connectivity index (χ1v) is 18.5. The van der Waals surface area contributed by atoms with Gasteiger partial charge < -0.3 is 10.2 Å². The number of nitrogens with one attached hydrogen (secondary N) is 1. The minimum absolute atomic E-state index is 0.00639. The predicted octanol–water partition coefficient (Wildman–Crippen LogP) is 8.04. The van der Waals surface area contributed by atoms with Gasteiger partial charge in [-0.05, 0) is 66.9 Å². The van der Waals surface area contributed by atoms with Gasteiger partial charge in [-0.3, -0.25) is 13.9 Å². The maximum absolute atomic E-state index is 14.7. The number of amides is 2. The van der Waals surface area contributed by atoms with Crippen LogP contribution < -0.4 is 9.62 Å². The topological polar surface area (TPSA) is 86.8 Å². The second kappa shape index (κ2) is 16.2. The first kappa shape index (κ1) is 35.0. The van der Waals surface area contributed by atoms with E-state index in [1.54, 1.807) is 60.7 Å². The van der Waals surface area contributed by atoms with E-state index >= 15 is 0 Å². The highest BCUT2D eigenvalue weighted by atomic mass is 79.9. The molecule has 0 unspecified atom stereocenters. The lowest BCUT2D eigenvalue weighted by Gasteiger charge is -2.35. The van der Waals surface area contributed by atoms with Crippen molar-refractivity contribution in [1.82, 2.24) is 10.2 Å². The number of carbonyl (C=O) groups excluding carboxylic acids is 2. The molecule has 1 fully saturated rings. The Balaban J connectivity index is 1.58. The lowest BCUT2D eigenvalue weighted by molar-refractivity contribution is -0.140. The van der Waals surface area contributed by atoms with Crippen LogP contribution >= 0.6 is 39.1 Å². The maximum atomic E-state index is 14.7. The fourth-order valence-corrected chi connectivity index (χ4v) is 8.02. The number of rotatable bonds is 12. The minimum atomic E-state index is -4.19. The van der Waals surface area contributed by atoms with Gasteiger partial charge >= 0.3 is 0 Å². The summed E-state index contributed by atoms with van der Waals surface area (Å²) in [7, 11) is -4.19. The summed E-state index contributed by atoms with van der Waals surface area (Å²) in [5.41, 5.74) is 1.61. The van der Waals surface area contributed by atoms with Crippen molar-refractivity contribution in [1.29, 1.82) is 0 Å². The minimum Gasteiger partial charge on any atom is -0.352 e. The van der Waals surface area contributed by atoms with Crippen LogP contribution in [-0.4, -0.2) is 43.8 Å². The van der Waals surface area contributed by atoms with Crippen LogP contribution in [0.2, 0.25) is 10.0 Å². The molecule has 0 spiro atoms. The van der Waals surface area contributed by atoms with E-state index in [2.05, 4.69) is 21.2 Å². The van der Waals surface area contributed by atoms with Crippen molar-refractivity contribution in [3.8, 4) is 0 Å². The van der Waals surface area contributed by atoms with E-state index < -0.39 is 28.5 Å². The normalized spacial score (nSPS) is 14.3. The quantitative estimate of drug-likeness (QED) is 0.159. The predicted molar refractivity (Wildman–Crippen MR) is 191 cm³/mol. The van der Waals surface area contributed by atoms with Crippen LogP contribution in [0.4, 0.5) is 5.69 Å². The summed E-state index contributed by atoms with van der Waals surface area (Å²) in [4.78, 5) is 30.4. The largest absolute Gasteiger partial charge is 0.352 e. The Kier molecular flexibility index (Phi) is 12.0. The van der Waals surface area contributed by atoms with Crippen LogP contribution in [0.15, 0.2) is 112 Å². The fourth-order valence-electron chi connectivity index (χ4n) is 5.81. The van der Waals surface area contributed by atoms with Crippen LogP contribution in [-0.2, 0) is 32.6 Å². The van der Waals surface area contributed by atoms with E-state index in [-0.39, 0.29) is 29.8 Å². The molecular weight excluding hydrogens is 721 g/mol. The number of anilines is 1. The summed E-state index contributed by atoms with van der Waals surface area (Å²) in [5.74, 6) is -0.887.